The highest BCUT2D eigenvalue weighted by atomic mass is 32.2. The number of nitrogens with one attached hydrogen (secondary N) is 1. The lowest BCUT2D eigenvalue weighted by Gasteiger charge is -2.27. The van der Waals surface area contributed by atoms with Crippen LogP contribution >= 0.6 is 0 Å². The normalized spacial score (nSPS) is 21.4. The van der Waals surface area contributed by atoms with Crippen LogP contribution in [-0.2, 0) is 16.6 Å². The lowest BCUT2D eigenvalue weighted by molar-refractivity contribution is 0.273. The summed E-state index contributed by atoms with van der Waals surface area (Å²) in [6.45, 7) is 3.90. The number of hydrogen-bond donors (Lipinski definition) is 2. The molecule has 21 heavy (non-hydrogen) atoms. The van der Waals surface area contributed by atoms with Gasteiger partial charge in [-0.3, -0.25) is 0 Å². The molecule has 2 rings (SSSR count). The van der Waals surface area contributed by atoms with E-state index in [-0.39, 0.29) is 23.0 Å². The van der Waals surface area contributed by atoms with Gasteiger partial charge in [0.05, 0.1) is 18.6 Å². The fourth-order valence-corrected chi connectivity index (χ4v) is 4.34. The number of rotatable bonds is 5. The summed E-state index contributed by atoms with van der Waals surface area (Å²) in [7, 11) is -2.10. The smallest absolute Gasteiger partial charge is 0.240 e. The summed E-state index contributed by atoms with van der Waals surface area (Å²) in [6.07, 6.45) is 2.91. The molecule has 118 valence electrons. The zero-order valence-electron chi connectivity index (χ0n) is 12.7. The van der Waals surface area contributed by atoms with Gasteiger partial charge >= 0.3 is 0 Å². The van der Waals surface area contributed by atoms with Crippen LogP contribution in [0.4, 0.5) is 0 Å². The van der Waals surface area contributed by atoms with Crippen LogP contribution in [0.2, 0.25) is 0 Å². The molecule has 2 N–H and O–H groups in total. The van der Waals surface area contributed by atoms with Crippen molar-refractivity contribution in [2.75, 3.05) is 7.11 Å². The Kier molecular flexibility index (Phi) is 4.60. The molecule has 1 aliphatic rings. The Morgan fingerprint density at radius 2 is 2.14 bits per heavy atom. The van der Waals surface area contributed by atoms with E-state index in [0.29, 0.717) is 11.3 Å². The number of benzene rings is 1. The van der Waals surface area contributed by atoms with Gasteiger partial charge in [-0.1, -0.05) is 20.3 Å². The third kappa shape index (κ3) is 3.39. The molecule has 5 nitrogen and oxygen atoms in total. The van der Waals surface area contributed by atoms with Gasteiger partial charge in [0.25, 0.3) is 0 Å². The Bertz CT molecular complexity index is 610. The van der Waals surface area contributed by atoms with E-state index in [2.05, 4.69) is 18.6 Å². The Labute approximate surface area is 126 Å². The first-order chi connectivity index (χ1) is 9.80. The fraction of sp³-hybridized carbons (Fsp3) is 0.600. The van der Waals surface area contributed by atoms with E-state index in [0.717, 1.165) is 19.3 Å². The minimum absolute atomic E-state index is 0.0284. The highest BCUT2D eigenvalue weighted by Gasteiger charge is 2.37. The van der Waals surface area contributed by atoms with Crippen LogP contribution in [0.1, 0.15) is 38.7 Å². The predicted molar refractivity (Wildman–Crippen MR) is 80.7 cm³/mol. The lowest BCUT2D eigenvalue weighted by Crippen LogP contribution is -2.41. The van der Waals surface area contributed by atoms with E-state index in [1.54, 1.807) is 6.07 Å². The minimum atomic E-state index is -3.59. The Balaban J connectivity index is 2.27. The van der Waals surface area contributed by atoms with E-state index in [4.69, 9.17) is 4.74 Å². The number of sulfonamides is 1. The summed E-state index contributed by atoms with van der Waals surface area (Å²) in [5.41, 5.74) is 0.436. The van der Waals surface area contributed by atoms with Crippen LogP contribution in [0.15, 0.2) is 23.1 Å². The van der Waals surface area contributed by atoms with Gasteiger partial charge in [-0.2, -0.15) is 0 Å². The van der Waals surface area contributed by atoms with Gasteiger partial charge in [-0.15, -0.1) is 0 Å². The number of aliphatic hydroxyl groups is 1. The van der Waals surface area contributed by atoms with Gasteiger partial charge in [0.15, 0.2) is 0 Å². The Morgan fingerprint density at radius 1 is 1.43 bits per heavy atom. The molecule has 6 heteroatoms. The maximum atomic E-state index is 12.5. The highest BCUT2D eigenvalue weighted by Crippen LogP contribution is 2.38. The van der Waals surface area contributed by atoms with Gasteiger partial charge < -0.3 is 9.84 Å². The molecule has 0 radical (unpaired) electrons. The summed E-state index contributed by atoms with van der Waals surface area (Å²) in [6, 6.07) is 4.48. The van der Waals surface area contributed by atoms with E-state index < -0.39 is 10.0 Å². The monoisotopic (exact) mass is 313 g/mol. The van der Waals surface area contributed by atoms with Crippen LogP contribution in [-0.4, -0.2) is 26.7 Å². The van der Waals surface area contributed by atoms with E-state index in [1.807, 2.05) is 0 Å². The average Bonchev–Trinajstić information content (AvgIpc) is 2.76. The second-order valence-electron chi connectivity index (χ2n) is 6.19. The summed E-state index contributed by atoms with van der Waals surface area (Å²) in [5.74, 6) is 0.484. The molecule has 0 spiro atoms. The van der Waals surface area contributed by atoms with Crippen molar-refractivity contribution in [3.05, 3.63) is 23.8 Å². The summed E-state index contributed by atoms with van der Waals surface area (Å²) >= 11 is 0. The molecule has 0 amide bonds. The minimum Gasteiger partial charge on any atom is -0.496 e. The molecule has 1 aromatic carbocycles. The van der Waals surface area contributed by atoms with Crippen LogP contribution in [0.25, 0.3) is 0 Å². The van der Waals surface area contributed by atoms with Crippen molar-refractivity contribution >= 4 is 10.0 Å². The highest BCUT2D eigenvalue weighted by molar-refractivity contribution is 7.89. The predicted octanol–water partition coefficient (Wildman–Crippen LogP) is 2.04. The number of methoxy groups -OCH3 is 1. The third-order valence-electron chi connectivity index (χ3n) is 4.29. The standard InChI is InChI=1S/C15H23NO4S/c1-15(2)8-4-5-14(15)16-21(18,19)12-6-7-13(20-3)11(9-12)10-17/h6-7,9,14,16-17H,4-5,8,10H2,1-3H3. The van der Waals surface area contributed by atoms with Crippen molar-refractivity contribution in [1.29, 1.82) is 0 Å². The number of ether oxygens (including phenoxy) is 1. The molecule has 0 aromatic heterocycles. The third-order valence-corrected chi connectivity index (χ3v) is 5.76. The van der Waals surface area contributed by atoms with Crippen molar-refractivity contribution in [2.24, 2.45) is 5.41 Å². The molecular weight excluding hydrogens is 290 g/mol. The summed E-state index contributed by atoms with van der Waals surface area (Å²) in [5, 5.41) is 9.31. The molecule has 1 aliphatic carbocycles. The number of hydrogen-bond acceptors (Lipinski definition) is 4. The fourth-order valence-electron chi connectivity index (χ4n) is 2.85. The van der Waals surface area contributed by atoms with Gasteiger partial charge in [0.2, 0.25) is 10.0 Å². The molecule has 1 fully saturated rings. The van der Waals surface area contributed by atoms with Crippen molar-refractivity contribution in [2.45, 2.75) is 50.7 Å². The Hall–Kier alpha value is -1.11. The van der Waals surface area contributed by atoms with Gasteiger partial charge in [0, 0.05) is 11.6 Å². The molecule has 0 aliphatic heterocycles. The molecule has 1 atom stereocenters. The second kappa shape index (κ2) is 5.94. The van der Waals surface area contributed by atoms with E-state index >= 15 is 0 Å². The molecular formula is C15H23NO4S. The molecule has 0 saturated heterocycles. The average molecular weight is 313 g/mol. The molecule has 0 heterocycles. The maximum absolute atomic E-state index is 12.5. The van der Waals surface area contributed by atoms with Gasteiger partial charge in [-0.25, -0.2) is 13.1 Å². The van der Waals surface area contributed by atoms with Crippen LogP contribution in [0.3, 0.4) is 0 Å². The quantitative estimate of drug-likeness (QED) is 0.872. The van der Waals surface area contributed by atoms with Gasteiger partial charge in [0.1, 0.15) is 5.75 Å². The molecule has 1 unspecified atom stereocenters. The van der Waals surface area contributed by atoms with Crippen LogP contribution in [0, 0.1) is 5.41 Å². The molecule has 1 saturated carbocycles. The zero-order valence-corrected chi connectivity index (χ0v) is 13.5. The Morgan fingerprint density at radius 3 is 2.67 bits per heavy atom. The first-order valence-electron chi connectivity index (χ1n) is 7.10. The number of aliphatic hydroxyl groups excluding tert-OH is 1. The lowest BCUT2D eigenvalue weighted by atomic mass is 9.88. The first kappa shape index (κ1) is 16.3. The second-order valence-corrected chi connectivity index (χ2v) is 7.90. The van der Waals surface area contributed by atoms with Gasteiger partial charge in [-0.05, 0) is 36.5 Å². The molecule has 0 bridgehead atoms. The van der Waals surface area contributed by atoms with Crippen molar-refractivity contribution in [3.63, 3.8) is 0 Å². The SMILES string of the molecule is COc1ccc(S(=O)(=O)NC2CCCC2(C)C)cc1CO. The van der Waals surface area contributed by atoms with E-state index in [9.17, 15) is 13.5 Å². The maximum Gasteiger partial charge on any atom is 0.240 e. The van der Waals surface area contributed by atoms with Crippen LogP contribution < -0.4 is 9.46 Å². The van der Waals surface area contributed by atoms with Crippen LogP contribution in [0.5, 0.6) is 5.75 Å². The summed E-state index contributed by atoms with van der Waals surface area (Å²) < 4.78 is 32.9. The van der Waals surface area contributed by atoms with Crippen molar-refractivity contribution < 1.29 is 18.3 Å². The first-order valence-corrected chi connectivity index (χ1v) is 8.58. The van der Waals surface area contributed by atoms with Crippen molar-refractivity contribution in [3.8, 4) is 5.75 Å². The summed E-state index contributed by atoms with van der Waals surface area (Å²) in [4.78, 5) is 0.162. The van der Waals surface area contributed by atoms with E-state index in [1.165, 1.54) is 19.2 Å². The molecule has 1 aromatic rings. The zero-order chi connectivity index (χ0) is 15.7. The topological polar surface area (TPSA) is 75.6 Å². The van der Waals surface area contributed by atoms with Crippen molar-refractivity contribution in [1.82, 2.24) is 4.72 Å². The largest absolute Gasteiger partial charge is 0.496 e.